The van der Waals surface area contributed by atoms with Gasteiger partial charge in [-0.1, -0.05) is 5.57 Å². The Morgan fingerprint density at radius 1 is 1.06 bits per heavy atom. The number of nitrogens with zero attached hydrogens (tertiary/aromatic N) is 2. The summed E-state index contributed by atoms with van der Waals surface area (Å²) >= 11 is 0. The number of rotatable bonds is 8. The average Bonchev–Trinajstić information content (AvgIpc) is 3.00. The highest BCUT2D eigenvalue weighted by Gasteiger charge is 2.31. The van der Waals surface area contributed by atoms with Gasteiger partial charge in [0.15, 0.2) is 9.84 Å². The summed E-state index contributed by atoms with van der Waals surface area (Å²) in [5.41, 5.74) is 3.24. The molecule has 182 valence electrons. The zero-order chi connectivity index (χ0) is 25.5. The molecule has 2 aromatic rings. The van der Waals surface area contributed by atoms with Gasteiger partial charge in [0, 0.05) is 18.4 Å². The lowest BCUT2D eigenvalue weighted by Crippen LogP contribution is -2.23. The van der Waals surface area contributed by atoms with Crippen molar-refractivity contribution in [1.29, 1.82) is 0 Å². The van der Waals surface area contributed by atoms with Crippen LogP contribution in [0.15, 0.2) is 22.6 Å². The second-order valence-corrected chi connectivity index (χ2v) is 12.6. The largest absolute Gasteiger partial charge is 0.361 e. The minimum atomic E-state index is -3.98. The van der Waals surface area contributed by atoms with Gasteiger partial charge in [-0.2, -0.15) is 13.5 Å². The smallest absolute Gasteiger partial charge is 0.313 e. The van der Waals surface area contributed by atoms with Crippen LogP contribution < -0.4 is 4.18 Å². The van der Waals surface area contributed by atoms with E-state index in [1.807, 2.05) is 20.8 Å². The van der Waals surface area contributed by atoms with Crippen LogP contribution in [0.2, 0.25) is 0 Å². The molecule has 0 atom stereocenters. The number of aromatic nitrogens is 2. The second kappa shape index (κ2) is 9.42. The predicted molar refractivity (Wildman–Crippen MR) is 129 cm³/mol. The number of carbonyl (C=O) groups excluding carboxylic acids is 1. The topological polar surface area (TPSA) is 112 Å². The van der Waals surface area contributed by atoms with Crippen molar-refractivity contribution < 1.29 is 25.8 Å². The summed E-state index contributed by atoms with van der Waals surface area (Å²) in [5.74, 6) is -0.623. The van der Waals surface area contributed by atoms with Crippen molar-refractivity contribution in [3.05, 3.63) is 45.7 Å². The predicted octanol–water partition coefficient (Wildman–Crippen LogP) is 4.08. The van der Waals surface area contributed by atoms with Crippen molar-refractivity contribution in [2.24, 2.45) is 0 Å². The summed E-state index contributed by atoms with van der Waals surface area (Å²) < 4.78 is 56.6. The first-order valence-electron chi connectivity index (χ1n) is 10.6. The van der Waals surface area contributed by atoms with E-state index in [4.69, 9.17) is 4.18 Å². The van der Waals surface area contributed by atoms with Gasteiger partial charge in [0.05, 0.1) is 15.8 Å². The van der Waals surface area contributed by atoms with Gasteiger partial charge in [-0.15, -0.1) is 0 Å². The van der Waals surface area contributed by atoms with Gasteiger partial charge in [-0.3, -0.25) is 4.79 Å². The van der Waals surface area contributed by atoms with Gasteiger partial charge >= 0.3 is 10.1 Å². The van der Waals surface area contributed by atoms with E-state index < -0.39 is 31.0 Å². The van der Waals surface area contributed by atoms with E-state index in [2.05, 4.69) is 5.10 Å². The van der Waals surface area contributed by atoms with Gasteiger partial charge in [0.2, 0.25) is 11.7 Å². The van der Waals surface area contributed by atoms with E-state index in [1.54, 1.807) is 20.8 Å². The Balaban J connectivity index is 2.85. The van der Waals surface area contributed by atoms with E-state index in [1.165, 1.54) is 30.7 Å². The molecule has 0 fully saturated rings. The number of allylic oxidation sites excluding steroid dienone is 2. The van der Waals surface area contributed by atoms with E-state index in [0.717, 1.165) is 17.4 Å². The molecule has 0 saturated carbocycles. The highest BCUT2D eigenvalue weighted by atomic mass is 32.2. The molecule has 1 aromatic heterocycles. The van der Waals surface area contributed by atoms with Crippen molar-refractivity contribution in [1.82, 2.24) is 9.78 Å². The summed E-state index contributed by atoms with van der Waals surface area (Å²) in [4.78, 5) is 13.8. The monoisotopic (exact) mass is 496 g/mol. The molecule has 2 rings (SSSR count). The lowest BCUT2D eigenvalue weighted by atomic mass is 9.91. The lowest BCUT2D eigenvalue weighted by molar-refractivity contribution is 0.103. The van der Waals surface area contributed by atoms with Crippen molar-refractivity contribution in [3.63, 3.8) is 0 Å². The minimum absolute atomic E-state index is 0.0390. The number of sulfone groups is 1. The molecule has 0 unspecified atom stereocenters. The zero-order valence-electron chi connectivity index (χ0n) is 20.6. The standard InChI is InChI=1S/C23H32N2O6S2/c1-10-25-23(31-33(29,30)14(4)5)21(17(8)24-25)22(26)18-11-12-19(32(9,27)28)20(16(18)7)15(6)13(2)3/h11-12,14H,10H2,1-9H3. The number of aryl methyl sites for hydroxylation is 2. The first-order valence-corrected chi connectivity index (χ1v) is 13.9. The molecule has 1 aromatic carbocycles. The van der Waals surface area contributed by atoms with Gasteiger partial charge < -0.3 is 4.18 Å². The molecule has 0 saturated heterocycles. The van der Waals surface area contributed by atoms with Gasteiger partial charge in [0.1, 0.15) is 5.56 Å². The molecule has 1 heterocycles. The van der Waals surface area contributed by atoms with Crippen LogP contribution >= 0.6 is 0 Å². The molecule has 0 aliphatic heterocycles. The average molecular weight is 497 g/mol. The summed E-state index contributed by atoms with van der Waals surface area (Å²) in [7, 11) is -7.53. The lowest BCUT2D eigenvalue weighted by Gasteiger charge is -2.17. The van der Waals surface area contributed by atoms with E-state index in [-0.39, 0.29) is 21.9 Å². The third kappa shape index (κ3) is 5.22. The molecule has 0 aliphatic carbocycles. The van der Waals surface area contributed by atoms with Crippen molar-refractivity contribution >= 4 is 31.3 Å². The SMILES string of the molecule is CCn1nc(C)c(C(=O)c2ccc(S(C)(=O)=O)c(C(C)=C(C)C)c2C)c1OS(=O)(=O)C(C)C. The number of carbonyl (C=O) groups is 1. The Morgan fingerprint density at radius 3 is 2.09 bits per heavy atom. The first kappa shape index (κ1) is 26.8. The molecule has 33 heavy (non-hydrogen) atoms. The van der Waals surface area contributed by atoms with Crippen molar-refractivity contribution in [2.45, 2.75) is 72.1 Å². The summed E-state index contributed by atoms with van der Waals surface area (Å²) in [6, 6.07) is 2.88. The van der Waals surface area contributed by atoms with Crippen molar-refractivity contribution in [2.75, 3.05) is 6.26 Å². The Morgan fingerprint density at radius 2 is 1.64 bits per heavy atom. The van der Waals surface area contributed by atoms with Gasteiger partial charge in [-0.25, -0.2) is 13.1 Å². The quantitative estimate of drug-likeness (QED) is 0.400. The zero-order valence-corrected chi connectivity index (χ0v) is 22.2. The first-order chi connectivity index (χ1) is 15.0. The Kier molecular flexibility index (Phi) is 7.65. The Hall–Kier alpha value is -2.46. The van der Waals surface area contributed by atoms with E-state index >= 15 is 0 Å². The fraction of sp³-hybridized carbons (Fsp3) is 0.478. The van der Waals surface area contributed by atoms with Crippen LogP contribution in [-0.4, -0.2) is 43.9 Å². The Labute approximate surface area is 196 Å². The second-order valence-electron chi connectivity index (χ2n) is 8.54. The fourth-order valence-electron chi connectivity index (χ4n) is 3.42. The Bertz CT molecular complexity index is 1340. The highest BCUT2D eigenvalue weighted by Crippen LogP contribution is 2.34. The van der Waals surface area contributed by atoms with Crippen LogP contribution in [0.25, 0.3) is 5.57 Å². The molecular formula is C23H32N2O6S2. The number of hydrogen-bond donors (Lipinski definition) is 0. The van der Waals surface area contributed by atoms with Crippen LogP contribution in [-0.2, 0) is 26.5 Å². The van der Waals surface area contributed by atoms with E-state index in [9.17, 15) is 21.6 Å². The number of ketones is 1. The molecule has 0 spiro atoms. The summed E-state index contributed by atoms with van der Waals surface area (Å²) in [5, 5.41) is 3.48. The maximum Gasteiger partial charge on any atom is 0.313 e. The summed E-state index contributed by atoms with van der Waals surface area (Å²) in [6.07, 6.45) is 1.13. The molecular weight excluding hydrogens is 464 g/mol. The molecule has 8 nitrogen and oxygen atoms in total. The highest BCUT2D eigenvalue weighted by molar-refractivity contribution is 7.90. The van der Waals surface area contributed by atoms with Crippen LogP contribution in [0.1, 0.15) is 74.3 Å². The molecule has 10 heteroatoms. The maximum atomic E-state index is 13.7. The fourth-order valence-corrected chi connectivity index (χ4v) is 4.99. The molecule has 0 radical (unpaired) electrons. The molecule has 0 amide bonds. The number of benzene rings is 1. The minimum Gasteiger partial charge on any atom is -0.361 e. The van der Waals surface area contributed by atoms with Crippen LogP contribution in [0, 0.1) is 13.8 Å². The third-order valence-corrected chi connectivity index (χ3v) is 8.26. The van der Waals surface area contributed by atoms with E-state index in [0.29, 0.717) is 23.4 Å². The third-order valence-electron chi connectivity index (χ3n) is 5.58. The number of hydrogen-bond acceptors (Lipinski definition) is 7. The van der Waals surface area contributed by atoms with Crippen LogP contribution in [0.5, 0.6) is 5.88 Å². The van der Waals surface area contributed by atoms with Crippen molar-refractivity contribution in [3.8, 4) is 5.88 Å². The molecule has 0 bridgehead atoms. The maximum absolute atomic E-state index is 13.7. The van der Waals surface area contributed by atoms with Crippen LogP contribution in [0.4, 0.5) is 0 Å². The van der Waals surface area contributed by atoms with Gasteiger partial charge in [0.25, 0.3) is 0 Å². The summed E-state index contributed by atoms with van der Waals surface area (Å²) in [6.45, 7) is 13.9. The normalized spacial score (nSPS) is 12.2. The molecule has 0 aliphatic rings. The molecule has 0 N–H and O–H groups in total. The van der Waals surface area contributed by atoms with Gasteiger partial charge in [-0.05, 0) is 84.2 Å². The van der Waals surface area contributed by atoms with Crippen LogP contribution in [0.3, 0.4) is 0 Å².